The van der Waals surface area contributed by atoms with Crippen LogP contribution in [0.1, 0.15) is 20.3 Å². The number of carbonyl (C=O) groups excluding carboxylic acids is 1. The smallest absolute Gasteiger partial charge is 0.193 e. The summed E-state index contributed by atoms with van der Waals surface area (Å²) in [6.45, 7) is 4.13. The van der Waals surface area contributed by atoms with Crippen LogP contribution in [0.15, 0.2) is 59.5 Å². The molecule has 0 saturated heterocycles. The predicted molar refractivity (Wildman–Crippen MR) is 82.2 cm³/mol. The van der Waals surface area contributed by atoms with Crippen molar-refractivity contribution in [2.45, 2.75) is 25.2 Å². The van der Waals surface area contributed by atoms with Crippen molar-refractivity contribution >= 4 is 16.9 Å². The Morgan fingerprint density at radius 3 is 2.11 bits per heavy atom. The molecule has 0 unspecified atom stereocenters. The van der Waals surface area contributed by atoms with Gasteiger partial charge in [-0.05, 0) is 29.2 Å². The highest BCUT2D eigenvalue weighted by atomic mass is 32.2. The van der Waals surface area contributed by atoms with E-state index in [1.165, 1.54) is 22.9 Å². The van der Waals surface area contributed by atoms with Crippen molar-refractivity contribution in [1.29, 1.82) is 0 Å². The fourth-order valence-corrected chi connectivity index (χ4v) is 2.80. The highest BCUT2D eigenvalue weighted by molar-refractivity contribution is 8.13. The van der Waals surface area contributed by atoms with Crippen molar-refractivity contribution in [3.63, 3.8) is 0 Å². The van der Waals surface area contributed by atoms with E-state index >= 15 is 0 Å². The Hall–Kier alpha value is -1.54. The van der Waals surface area contributed by atoms with Gasteiger partial charge >= 0.3 is 0 Å². The molecule has 2 heteroatoms. The fraction of sp³-hybridized carbons (Fsp3) is 0.235. The van der Waals surface area contributed by atoms with Gasteiger partial charge in [0.1, 0.15) is 0 Å². The quantitative estimate of drug-likeness (QED) is 0.726. The summed E-state index contributed by atoms with van der Waals surface area (Å²) in [4.78, 5) is 12.8. The van der Waals surface area contributed by atoms with Gasteiger partial charge in [0.25, 0.3) is 0 Å². The van der Waals surface area contributed by atoms with E-state index in [4.69, 9.17) is 0 Å². The third kappa shape index (κ3) is 4.25. The van der Waals surface area contributed by atoms with Gasteiger partial charge < -0.3 is 0 Å². The minimum absolute atomic E-state index is 0.238. The van der Waals surface area contributed by atoms with Gasteiger partial charge in [-0.3, -0.25) is 4.79 Å². The first-order chi connectivity index (χ1) is 9.15. The monoisotopic (exact) mass is 270 g/mol. The molecule has 0 heterocycles. The van der Waals surface area contributed by atoms with Crippen LogP contribution in [-0.2, 0) is 4.79 Å². The number of hydrogen-bond donors (Lipinski definition) is 0. The first-order valence-electron chi connectivity index (χ1n) is 6.51. The Morgan fingerprint density at radius 2 is 1.53 bits per heavy atom. The third-order valence-electron chi connectivity index (χ3n) is 2.77. The molecule has 0 aliphatic heterocycles. The molecular weight excluding hydrogens is 252 g/mol. The van der Waals surface area contributed by atoms with E-state index in [0.29, 0.717) is 12.3 Å². The molecule has 0 atom stereocenters. The molecule has 1 nitrogen and oxygen atoms in total. The minimum Gasteiger partial charge on any atom is -0.287 e. The van der Waals surface area contributed by atoms with Crippen molar-refractivity contribution in [3.8, 4) is 11.1 Å². The number of rotatable bonds is 4. The van der Waals surface area contributed by atoms with E-state index in [0.717, 1.165) is 4.90 Å². The summed E-state index contributed by atoms with van der Waals surface area (Å²) in [6, 6.07) is 18.4. The lowest BCUT2D eigenvalue weighted by Crippen LogP contribution is -1.97. The van der Waals surface area contributed by atoms with Gasteiger partial charge in [-0.15, -0.1) is 0 Å². The Morgan fingerprint density at radius 1 is 0.947 bits per heavy atom. The second kappa shape index (κ2) is 6.58. The Balaban J connectivity index is 2.05. The molecular formula is C17H18OS. The van der Waals surface area contributed by atoms with Gasteiger partial charge in [-0.2, -0.15) is 0 Å². The lowest BCUT2D eigenvalue weighted by Gasteiger charge is -2.05. The maximum Gasteiger partial charge on any atom is 0.193 e. The van der Waals surface area contributed by atoms with Crippen LogP contribution < -0.4 is 0 Å². The molecule has 2 aromatic rings. The number of thioether (sulfide) groups is 1. The zero-order valence-electron chi connectivity index (χ0n) is 11.3. The van der Waals surface area contributed by atoms with Crippen molar-refractivity contribution in [3.05, 3.63) is 54.6 Å². The molecule has 0 amide bonds. The molecule has 0 N–H and O–H groups in total. The van der Waals surface area contributed by atoms with Crippen molar-refractivity contribution in [2.24, 2.45) is 5.92 Å². The molecule has 2 aromatic carbocycles. The Labute approximate surface area is 119 Å². The van der Waals surface area contributed by atoms with Gasteiger partial charge in [0.05, 0.1) is 0 Å². The Kier molecular flexibility index (Phi) is 4.80. The Bertz CT molecular complexity index is 529. The van der Waals surface area contributed by atoms with Gasteiger partial charge in [-0.25, -0.2) is 0 Å². The molecule has 0 spiro atoms. The molecule has 0 radical (unpaired) electrons. The summed E-state index contributed by atoms with van der Waals surface area (Å²) in [5, 5.41) is 0.238. The number of benzene rings is 2. The fourth-order valence-electron chi connectivity index (χ4n) is 1.85. The van der Waals surface area contributed by atoms with Crippen LogP contribution in [0.2, 0.25) is 0 Å². The summed E-state index contributed by atoms with van der Waals surface area (Å²) in [6.07, 6.45) is 0.630. The first-order valence-corrected chi connectivity index (χ1v) is 7.33. The van der Waals surface area contributed by atoms with Crippen molar-refractivity contribution < 1.29 is 4.79 Å². The highest BCUT2D eigenvalue weighted by Crippen LogP contribution is 2.26. The summed E-state index contributed by atoms with van der Waals surface area (Å²) in [7, 11) is 0. The van der Waals surface area contributed by atoms with E-state index in [1.807, 2.05) is 30.3 Å². The average Bonchev–Trinajstić information content (AvgIpc) is 2.39. The van der Waals surface area contributed by atoms with Crippen LogP contribution in [0.4, 0.5) is 0 Å². The van der Waals surface area contributed by atoms with Crippen LogP contribution in [0, 0.1) is 5.92 Å². The topological polar surface area (TPSA) is 17.1 Å². The second-order valence-corrected chi connectivity index (χ2v) is 6.09. The molecule has 98 valence electrons. The largest absolute Gasteiger partial charge is 0.287 e. The molecule has 0 saturated carbocycles. The van der Waals surface area contributed by atoms with Crippen LogP contribution >= 0.6 is 11.8 Å². The normalized spacial score (nSPS) is 10.7. The predicted octanol–water partition coefficient (Wildman–Crippen LogP) is 5.02. The van der Waals surface area contributed by atoms with Crippen LogP contribution in [0.3, 0.4) is 0 Å². The lowest BCUT2D eigenvalue weighted by atomic mass is 10.1. The van der Waals surface area contributed by atoms with Gasteiger partial charge in [-0.1, -0.05) is 68.1 Å². The van der Waals surface area contributed by atoms with E-state index < -0.39 is 0 Å². The molecule has 0 aromatic heterocycles. The van der Waals surface area contributed by atoms with Crippen LogP contribution in [0.25, 0.3) is 11.1 Å². The van der Waals surface area contributed by atoms with E-state index in [2.05, 4.69) is 38.1 Å². The van der Waals surface area contributed by atoms with Gasteiger partial charge in [0.2, 0.25) is 0 Å². The van der Waals surface area contributed by atoms with Gasteiger partial charge in [0, 0.05) is 11.3 Å². The average molecular weight is 270 g/mol. The van der Waals surface area contributed by atoms with E-state index in [1.54, 1.807) is 0 Å². The van der Waals surface area contributed by atoms with Crippen molar-refractivity contribution in [1.82, 2.24) is 0 Å². The van der Waals surface area contributed by atoms with Crippen molar-refractivity contribution in [2.75, 3.05) is 0 Å². The molecule has 19 heavy (non-hydrogen) atoms. The number of carbonyl (C=O) groups is 1. The molecule has 0 aliphatic rings. The maximum absolute atomic E-state index is 11.7. The molecule has 2 rings (SSSR count). The SMILES string of the molecule is CC(C)CC(=O)Sc1ccc(-c2ccccc2)cc1. The molecule has 0 fully saturated rings. The minimum atomic E-state index is 0.238. The molecule has 0 aliphatic carbocycles. The lowest BCUT2D eigenvalue weighted by molar-refractivity contribution is -0.111. The highest BCUT2D eigenvalue weighted by Gasteiger charge is 2.07. The third-order valence-corrected chi connectivity index (χ3v) is 3.67. The van der Waals surface area contributed by atoms with Crippen LogP contribution in [0.5, 0.6) is 0 Å². The summed E-state index contributed by atoms with van der Waals surface area (Å²) in [5.41, 5.74) is 2.38. The first kappa shape index (κ1) is 13.9. The summed E-state index contributed by atoms with van der Waals surface area (Å²) in [5.74, 6) is 0.420. The number of hydrogen-bond acceptors (Lipinski definition) is 2. The van der Waals surface area contributed by atoms with E-state index in [9.17, 15) is 4.79 Å². The zero-order valence-corrected chi connectivity index (χ0v) is 12.1. The second-order valence-electron chi connectivity index (χ2n) is 4.96. The summed E-state index contributed by atoms with van der Waals surface area (Å²) >= 11 is 1.34. The van der Waals surface area contributed by atoms with E-state index in [-0.39, 0.29) is 5.12 Å². The zero-order chi connectivity index (χ0) is 13.7. The standard InChI is InChI=1S/C17H18OS/c1-13(2)12-17(18)19-16-10-8-15(9-11-16)14-6-4-3-5-7-14/h3-11,13H,12H2,1-2H3. The van der Waals surface area contributed by atoms with Gasteiger partial charge in [0.15, 0.2) is 5.12 Å². The maximum atomic E-state index is 11.7. The molecule has 0 bridgehead atoms. The van der Waals surface area contributed by atoms with Crippen LogP contribution in [-0.4, -0.2) is 5.12 Å². The summed E-state index contributed by atoms with van der Waals surface area (Å²) < 4.78 is 0.